The first kappa shape index (κ1) is 22.5. The molecule has 2 aromatic carbocycles. The fourth-order valence-electron chi connectivity index (χ4n) is 3.63. The molecule has 0 N–H and O–H groups in total. The molecule has 3 aromatic rings. The molecule has 32 heavy (non-hydrogen) atoms. The van der Waals surface area contributed by atoms with E-state index in [2.05, 4.69) is 4.98 Å². The van der Waals surface area contributed by atoms with E-state index >= 15 is 0 Å². The number of ether oxygens (including phenoxy) is 1. The molecule has 9 heteroatoms. The van der Waals surface area contributed by atoms with Crippen LogP contribution in [0.15, 0.2) is 63.9 Å². The lowest BCUT2D eigenvalue weighted by atomic mass is 10.00. The SMILES string of the molecule is Cc1oc(-c2ccccc2)nc1COC(=O)C1CCCN(S(=O)(=O)c2ccc(Cl)cc2)C1. The van der Waals surface area contributed by atoms with Crippen molar-refractivity contribution in [2.24, 2.45) is 5.92 Å². The molecule has 0 aliphatic carbocycles. The van der Waals surface area contributed by atoms with Gasteiger partial charge in [0.25, 0.3) is 0 Å². The molecular weight excluding hydrogens is 452 g/mol. The van der Waals surface area contributed by atoms with E-state index in [9.17, 15) is 13.2 Å². The number of aromatic nitrogens is 1. The molecule has 1 unspecified atom stereocenters. The molecule has 1 saturated heterocycles. The molecule has 0 spiro atoms. The molecule has 1 aliphatic heterocycles. The molecule has 168 valence electrons. The Bertz CT molecular complexity index is 1190. The van der Waals surface area contributed by atoms with Crippen molar-refractivity contribution >= 4 is 27.6 Å². The Morgan fingerprint density at radius 3 is 2.62 bits per heavy atom. The van der Waals surface area contributed by atoms with Crippen molar-refractivity contribution in [2.75, 3.05) is 13.1 Å². The van der Waals surface area contributed by atoms with Crippen LogP contribution in [0.5, 0.6) is 0 Å². The first-order valence-corrected chi connectivity index (χ1v) is 12.1. The summed E-state index contributed by atoms with van der Waals surface area (Å²) in [4.78, 5) is 17.3. The quantitative estimate of drug-likeness (QED) is 0.490. The van der Waals surface area contributed by atoms with Crippen LogP contribution >= 0.6 is 11.6 Å². The van der Waals surface area contributed by atoms with Crippen molar-refractivity contribution in [3.05, 3.63) is 71.1 Å². The van der Waals surface area contributed by atoms with Gasteiger partial charge in [-0.05, 0) is 56.2 Å². The highest BCUT2D eigenvalue weighted by Crippen LogP contribution is 2.26. The largest absolute Gasteiger partial charge is 0.459 e. The number of rotatable bonds is 6. The van der Waals surface area contributed by atoms with Gasteiger partial charge in [0.1, 0.15) is 18.1 Å². The number of aryl methyl sites for hydroxylation is 1. The van der Waals surface area contributed by atoms with Gasteiger partial charge in [0.2, 0.25) is 15.9 Å². The molecule has 7 nitrogen and oxygen atoms in total. The first-order valence-electron chi connectivity index (χ1n) is 10.3. The van der Waals surface area contributed by atoms with E-state index in [1.165, 1.54) is 28.6 Å². The van der Waals surface area contributed by atoms with Gasteiger partial charge < -0.3 is 9.15 Å². The molecule has 4 rings (SSSR count). The zero-order chi connectivity index (χ0) is 22.7. The Balaban J connectivity index is 1.40. The van der Waals surface area contributed by atoms with Gasteiger partial charge in [-0.25, -0.2) is 13.4 Å². The van der Waals surface area contributed by atoms with Gasteiger partial charge >= 0.3 is 5.97 Å². The number of piperidine rings is 1. The van der Waals surface area contributed by atoms with Crippen molar-refractivity contribution < 1.29 is 22.4 Å². The predicted octanol–water partition coefficient (Wildman–Crippen LogP) is 4.45. The number of benzene rings is 2. The third kappa shape index (κ3) is 4.87. The maximum absolute atomic E-state index is 12.9. The van der Waals surface area contributed by atoms with Gasteiger partial charge in [0.05, 0.1) is 10.8 Å². The van der Waals surface area contributed by atoms with E-state index in [1.807, 2.05) is 30.3 Å². The Morgan fingerprint density at radius 1 is 1.19 bits per heavy atom. The van der Waals surface area contributed by atoms with E-state index in [1.54, 1.807) is 6.92 Å². The maximum Gasteiger partial charge on any atom is 0.310 e. The zero-order valence-electron chi connectivity index (χ0n) is 17.5. The number of carbonyl (C=O) groups is 1. The number of halogens is 1. The molecule has 0 saturated carbocycles. The molecule has 0 amide bonds. The minimum atomic E-state index is -3.71. The maximum atomic E-state index is 12.9. The molecular formula is C23H23ClN2O5S. The Hall–Kier alpha value is -2.68. The van der Waals surface area contributed by atoms with Crippen molar-refractivity contribution in [1.82, 2.24) is 9.29 Å². The van der Waals surface area contributed by atoms with E-state index in [4.69, 9.17) is 20.8 Å². The lowest BCUT2D eigenvalue weighted by Gasteiger charge is -2.30. The van der Waals surface area contributed by atoms with Gasteiger partial charge in [-0.15, -0.1) is 0 Å². The summed E-state index contributed by atoms with van der Waals surface area (Å²) >= 11 is 5.86. The van der Waals surface area contributed by atoms with Crippen molar-refractivity contribution in [3.63, 3.8) is 0 Å². The number of oxazole rings is 1. The second kappa shape index (κ2) is 9.44. The lowest BCUT2D eigenvalue weighted by molar-refractivity contribution is -0.151. The number of hydrogen-bond donors (Lipinski definition) is 0. The van der Waals surface area contributed by atoms with E-state index in [0.717, 1.165) is 5.56 Å². The van der Waals surface area contributed by atoms with Crippen LogP contribution in [0.2, 0.25) is 5.02 Å². The number of nitrogens with zero attached hydrogens (tertiary/aromatic N) is 2. The second-order valence-corrected chi connectivity index (χ2v) is 10.0. The van der Waals surface area contributed by atoms with E-state index in [0.29, 0.717) is 41.8 Å². The monoisotopic (exact) mass is 474 g/mol. The summed E-state index contributed by atoms with van der Waals surface area (Å²) in [6.07, 6.45) is 1.15. The minimum Gasteiger partial charge on any atom is -0.459 e. The number of carbonyl (C=O) groups excluding carboxylic acids is 1. The highest BCUT2D eigenvalue weighted by molar-refractivity contribution is 7.89. The summed E-state index contributed by atoms with van der Waals surface area (Å²) in [5.41, 5.74) is 1.38. The lowest BCUT2D eigenvalue weighted by Crippen LogP contribution is -2.42. The molecule has 1 fully saturated rings. The average Bonchev–Trinajstić information content (AvgIpc) is 3.19. The van der Waals surface area contributed by atoms with Crippen molar-refractivity contribution in [2.45, 2.75) is 31.3 Å². The van der Waals surface area contributed by atoms with Gasteiger partial charge in [-0.3, -0.25) is 4.79 Å². The van der Waals surface area contributed by atoms with E-state index in [-0.39, 0.29) is 18.0 Å². The summed E-state index contributed by atoms with van der Waals surface area (Å²) in [7, 11) is -3.71. The van der Waals surface area contributed by atoms with Crippen molar-refractivity contribution in [3.8, 4) is 11.5 Å². The molecule has 0 bridgehead atoms. The van der Waals surface area contributed by atoms with Crippen LogP contribution in [0.4, 0.5) is 0 Å². The highest BCUT2D eigenvalue weighted by atomic mass is 35.5. The van der Waals surface area contributed by atoms with Crippen LogP contribution in [-0.4, -0.2) is 36.8 Å². The molecule has 0 radical (unpaired) electrons. The summed E-state index contributed by atoms with van der Waals surface area (Å²) < 4.78 is 38.4. The fourth-order valence-corrected chi connectivity index (χ4v) is 5.28. The van der Waals surface area contributed by atoms with Crippen molar-refractivity contribution in [1.29, 1.82) is 0 Å². The van der Waals surface area contributed by atoms with Crippen LogP contribution in [0, 0.1) is 12.8 Å². The average molecular weight is 475 g/mol. The Morgan fingerprint density at radius 2 is 1.91 bits per heavy atom. The summed E-state index contributed by atoms with van der Waals surface area (Å²) in [5.74, 6) is 0.0654. The summed E-state index contributed by atoms with van der Waals surface area (Å²) in [6, 6.07) is 15.5. The Labute approximate surface area is 192 Å². The zero-order valence-corrected chi connectivity index (χ0v) is 19.1. The Kier molecular flexibility index (Phi) is 6.64. The van der Waals surface area contributed by atoms with Gasteiger partial charge in [-0.1, -0.05) is 29.8 Å². The third-order valence-electron chi connectivity index (χ3n) is 5.43. The van der Waals surface area contributed by atoms with Crippen LogP contribution in [0.3, 0.4) is 0 Å². The standard InChI is InChI=1S/C23H23ClN2O5S/c1-16-21(25-22(31-16)17-6-3-2-4-7-17)15-30-23(27)18-8-5-13-26(14-18)32(28,29)20-11-9-19(24)10-12-20/h2-4,6-7,9-12,18H,5,8,13-15H2,1H3. The minimum absolute atomic E-state index is 0.0264. The van der Waals surface area contributed by atoms with Gasteiger partial charge in [0, 0.05) is 23.7 Å². The molecule has 2 heterocycles. The molecule has 1 aromatic heterocycles. The summed E-state index contributed by atoms with van der Waals surface area (Å²) in [5, 5.41) is 0.461. The van der Waals surface area contributed by atoms with Crippen LogP contribution in [0.1, 0.15) is 24.3 Å². The smallest absolute Gasteiger partial charge is 0.310 e. The fraction of sp³-hybridized carbons (Fsp3) is 0.304. The van der Waals surface area contributed by atoms with Crippen LogP contribution in [0.25, 0.3) is 11.5 Å². The predicted molar refractivity (Wildman–Crippen MR) is 119 cm³/mol. The molecule has 1 aliphatic rings. The summed E-state index contributed by atoms with van der Waals surface area (Å²) in [6.45, 7) is 2.18. The number of sulfonamides is 1. The normalized spacial score (nSPS) is 17.2. The topological polar surface area (TPSA) is 89.7 Å². The second-order valence-electron chi connectivity index (χ2n) is 7.65. The first-order chi connectivity index (χ1) is 15.3. The van der Waals surface area contributed by atoms with Gasteiger partial charge in [-0.2, -0.15) is 4.31 Å². The van der Waals surface area contributed by atoms with E-state index < -0.39 is 21.9 Å². The molecule has 1 atom stereocenters. The highest BCUT2D eigenvalue weighted by Gasteiger charge is 2.34. The number of hydrogen-bond acceptors (Lipinski definition) is 6. The number of esters is 1. The van der Waals surface area contributed by atoms with Crippen LogP contribution in [-0.2, 0) is 26.2 Å². The van der Waals surface area contributed by atoms with Gasteiger partial charge in [0.15, 0.2) is 0 Å². The third-order valence-corrected chi connectivity index (χ3v) is 7.56. The van der Waals surface area contributed by atoms with Crippen LogP contribution < -0.4 is 0 Å².